The van der Waals surface area contributed by atoms with Crippen molar-refractivity contribution < 1.29 is 13.5 Å². The van der Waals surface area contributed by atoms with Gasteiger partial charge in [0.05, 0.1) is 11.9 Å². The van der Waals surface area contributed by atoms with Crippen molar-refractivity contribution in [2.75, 3.05) is 12.3 Å². The van der Waals surface area contributed by atoms with Crippen LogP contribution in [0, 0.1) is 0 Å². The molecule has 0 radical (unpaired) electrons. The van der Waals surface area contributed by atoms with E-state index in [0.717, 1.165) is 19.3 Å². The molecule has 1 rings (SSSR count). The first-order valence-electron chi connectivity index (χ1n) is 5.43. The summed E-state index contributed by atoms with van der Waals surface area (Å²) in [7, 11) is -3.32. The van der Waals surface area contributed by atoms with Crippen LogP contribution in [0.15, 0.2) is 0 Å². The molecule has 0 aromatic carbocycles. The molecule has 0 aliphatic heterocycles. The molecule has 2 atom stereocenters. The number of hydrogen-bond acceptors (Lipinski definition) is 4. The molecule has 0 bridgehead atoms. The minimum Gasteiger partial charge on any atom is -0.391 e. The second-order valence-electron chi connectivity index (χ2n) is 4.04. The predicted molar refractivity (Wildman–Crippen MR) is 58.9 cm³/mol. The molecule has 0 aromatic rings. The standard InChI is InChI=1S/C9H20N2O3S/c10-6-7-15(13,14)11-8-4-2-1-3-5-9(8)12/h8-9,11-12H,1-7,10H2. The summed E-state index contributed by atoms with van der Waals surface area (Å²) in [5.74, 6) is -0.0732. The fraction of sp³-hybridized carbons (Fsp3) is 1.00. The SMILES string of the molecule is NCCS(=O)(=O)NC1CCCCCC1O. The molecule has 5 nitrogen and oxygen atoms in total. The van der Waals surface area contributed by atoms with Crippen molar-refractivity contribution in [3.63, 3.8) is 0 Å². The summed E-state index contributed by atoms with van der Waals surface area (Å²) < 4.78 is 25.4. The van der Waals surface area contributed by atoms with Gasteiger partial charge in [0.1, 0.15) is 0 Å². The number of rotatable bonds is 4. The van der Waals surface area contributed by atoms with E-state index in [2.05, 4.69) is 4.72 Å². The molecule has 1 fully saturated rings. The van der Waals surface area contributed by atoms with Crippen LogP contribution in [0.2, 0.25) is 0 Å². The summed E-state index contributed by atoms with van der Waals surface area (Å²) >= 11 is 0. The maximum atomic E-state index is 11.5. The average molecular weight is 236 g/mol. The third-order valence-corrected chi connectivity index (χ3v) is 4.13. The van der Waals surface area contributed by atoms with E-state index in [1.165, 1.54) is 0 Å². The van der Waals surface area contributed by atoms with Crippen LogP contribution in [0.1, 0.15) is 32.1 Å². The fourth-order valence-electron chi connectivity index (χ4n) is 1.87. The van der Waals surface area contributed by atoms with E-state index >= 15 is 0 Å². The molecule has 0 saturated heterocycles. The number of sulfonamides is 1. The van der Waals surface area contributed by atoms with Gasteiger partial charge in [0.2, 0.25) is 10.0 Å². The van der Waals surface area contributed by atoms with Gasteiger partial charge in [-0.15, -0.1) is 0 Å². The number of aliphatic hydroxyl groups is 1. The second-order valence-corrected chi connectivity index (χ2v) is 5.91. The van der Waals surface area contributed by atoms with Crippen LogP contribution in [-0.4, -0.2) is 38.0 Å². The van der Waals surface area contributed by atoms with E-state index in [1.54, 1.807) is 0 Å². The summed E-state index contributed by atoms with van der Waals surface area (Å²) in [5, 5.41) is 9.72. The van der Waals surface area contributed by atoms with Crippen molar-refractivity contribution >= 4 is 10.0 Å². The molecule has 0 amide bonds. The molecule has 1 aliphatic carbocycles. The molecular formula is C9H20N2O3S. The zero-order valence-corrected chi connectivity index (χ0v) is 9.67. The van der Waals surface area contributed by atoms with E-state index in [9.17, 15) is 13.5 Å². The Kier molecular flexibility index (Phi) is 4.98. The van der Waals surface area contributed by atoms with Gasteiger partial charge in [-0.3, -0.25) is 0 Å². The Morgan fingerprint density at radius 3 is 2.60 bits per heavy atom. The van der Waals surface area contributed by atoms with Gasteiger partial charge in [0, 0.05) is 12.6 Å². The Balaban J connectivity index is 2.54. The topological polar surface area (TPSA) is 92.4 Å². The van der Waals surface area contributed by atoms with Crippen molar-refractivity contribution in [2.45, 2.75) is 44.2 Å². The minimum atomic E-state index is -3.32. The Morgan fingerprint density at radius 2 is 1.93 bits per heavy atom. The molecule has 6 heteroatoms. The molecule has 15 heavy (non-hydrogen) atoms. The number of hydrogen-bond donors (Lipinski definition) is 3. The van der Waals surface area contributed by atoms with Crippen molar-refractivity contribution in [3.05, 3.63) is 0 Å². The maximum absolute atomic E-state index is 11.5. The number of aliphatic hydroxyl groups excluding tert-OH is 1. The molecule has 90 valence electrons. The fourth-order valence-corrected chi connectivity index (χ4v) is 3.03. The van der Waals surface area contributed by atoms with Gasteiger partial charge < -0.3 is 10.8 Å². The van der Waals surface area contributed by atoms with Crippen molar-refractivity contribution in [3.8, 4) is 0 Å². The lowest BCUT2D eigenvalue weighted by molar-refractivity contribution is 0.130. The van der Waals surface area contributed by atoms with E-state index in [-0.39, 0.29) is 18.3 Å². The van der Waals surface area contributed by atoms with Crippen molar-refractivity contribution in [2.24, 2.45) is 5.73 Å². The molecular weight excluding hydrogens is 216 g/mol. The van der Waals surface area contributed by atoms with Gasteiger partial charge >= 0.3 is 0 Å². The van der Waals surface area contributed by atoms with Gasteiger partial charge in [-0.05, 0) is 12.8 Å². The first kappa shape index (κ1) is 12.9. The summed E-state index contributed by atoms with van der Waals surface area (Å²) in [4.78, 5) is 0. The normalized spacial score (nSPS) is 28.7. The third-order valence-electron chi connectivity index (χ3n) is 2.70. The molecule has 1 aliphatic rings. The molecule has 0 aromatic heterocycles. The Morgan fingerprint density at radius 1 is 1.27 bits per heavy atom. The highest BCUT2D eigenvalue weighted by atomic mass is 32.2. The predicted octanol–water partition coefficient (Wildman–Crippen LogP) is -0.442. The summed E-state index contributed by atoms with van der Waals surface area (Å²) in [6, 6.07) is -0.330. The van der Waals surface area contributed by atoms with Crippen LogP contribution >= 0.6 is 0 Å². The smallest absolute Gasteiger partial charge is 0.213 e. The largest absolute Gasteiger partial charge is 0.391 e. The molecule has 4 N–H and O–H groups in total. The molecule has 0 heterocycles. The van der Waals surface area contributed by atoms with Crippen LogP contribution in [0.4, 0.5) is 0 Å². The van der Waals surface area contributed by atoms with E-state index in [1.807, 2.05) is 0 Å². The monoisotopic (exact) mass is 236 g/mol. The first-order valence-corrected chi connectivity index (χ1v) is 7.08. The second kappa shape index (κ2) is 5.79. The highest BCUT2D eigenvalue weighted by molar-refractivity contribution is 7.89. The van der Waals surface area contributed by atoms with Crippen molar-refractivity contribution in [1.29, 1.82) is 0 Å². The zero-order valence-electron chi connectivity index (χ0n) is 8.85. The Hall–Kier alpha value is -0.170. The van der Waals surface area contributed by atoms with Crippen LogP contribution in [0.25, 0.3) is 0 Å². The Bertz CT molecular complexity index is 279. The van der Waals surface area contributed by atoms with Gasteiger partial charge in [0.25, 0.3) is 0 Å². The van der Waals surface area contributed by atoms with Gasteiger partial charge in [0.15, 0.2) is 0 Å². The summed E-state index contributed by atoms with van der Waals surface area (Å²) in [5.41, 5.74) is 5.20. The maximum Gasteiger partial charge on any atom is 0.213 e. The molecule has 0 spiro atoms. The van der Waals surface area contributed by atoms with Crippen LogP contribution in [0.5, 0.6) is 0 Å². The van der Waals surface area contributed by atoms with E-state index in [4.69, 9.17) is 5.73 Å². The van der Waals surface area contributed by atoms with Gasteiger partial charge in [-0.1, -0.05) is 19.3 Å². The zero-order chi connectivity index (χ0) is 11.3. The Labute approximate surface area is 91.1 Å². The lowest BCUT2D eigenvalue weighted by atomic mass is 10.1. The van der Waals surface area contributed by atoms with E-state index < -0.39 is 16.1 Å². The van der Waals surface area contributed by atoms with Crippen LogP contribution < -0.4 is 10.5 Å². The first-order chi connectivity index (χ1) is 7.05. The number of nitrogens with one attached hydrogen (secondary N) is 1. The van der Waals surface area contributed by atoms with Gasteiger partial charge in [-0.2, -0.15) is 0 Å². The molecule has 1 saturated carbocycles. The van der Waals surface area contributed by atoms with Crippen LogP contribution in [-0.2, 0) is 10.0 Å². The highest BCUT2D eigenvalue weighted by Gasteiger charge is 2.25. The number of nitrogens with two attached hydrogens (primary N) is 1. The molecule has 2 unspecified atom stereocenters. The van der Waals surface area contributed by atoms with Gasteiger partial charge in [-0.25, -0.2) is 13.1 Å². The lowest BCUT2D eigenvalue weighted by Gasteiger charge is -2.21. The van der Waals surface area contributed by atoms with Crippen molar-refractivity contribution in [1.82, 2.24) is 4.72 Å². The quantitative estimate of drug-likeness (QED) is 0.577. The minimum absolute atomic E-state index is 0.0732. The summed E-state index contributed by atoms with van der Waals surface area (Å²) in [6.07, 6.45) is 3.83. The van der Waals surface area contributed by atoms with Crippen LogP contribution in [0.3, 0.4) is 0 Å². The average Bonchev–Trinajstić information content (AvgIpc) is 2.31. The highest BCUT2D eigenvalue weighted by Crippen LogP contribution is 2.18. The summed E-state index contributed by atoms with van der Waals surface area (Å²) in [6.45, 7) is 0.109. The van der Waals surface area contributed by atoms with E-state index in [0.29, 0.717) is 12.8 Å². The lowest BCUT2D eigenvalue weighted by Crippen LogP contribution is -2.44. The third kappa shape index (κ3) is 4.46.